The van der Waals surface area contributed by atoms with E-state index in [1.165, 1.54) is 44.5 Å². The van der Waals surface area contributed by atoms with Crippen molar-refractivity contribution in [2.45, 2.75) is 64.7 Å². The molecular formula is C75H61N3O. The van der Waals surface area contributed by atoms with Crippen LogP contribution in [0.2, 0.25) is 0 Å². The van der Waals surface area contributed by atoms with Crippen LogP contribution in [0.3, 0.4) is 0 Å². The molecule has 0 amide bonds. The molecule has 10 aromatic carbocycles. The van der Waals surface area contributed by atoms with Gasteiger partial charge < -0.3 is 14.2 Å². The van der Waals surface area contributed by atoms with Gasteiger partial charge >= 0.3 is 0 Å². The molecule has 0 bridgehead atoms. The first-order valence-corrected chi connectivity index (χ1v) is 27.7. The van der Waals surface area contributed by atoms with E-state index in [1.54, 1.807) is 0 Å². The molecular weight excluding hydrogens is 959 g/mol. The largest absolute Gasteiger partial charge is 0.455 e. The second-order valence-corrected chi connectivity index (χ2v) is 23.6. The molecule has 2 aromatic heterocycles. The SMILES string of the molecule is Cc1cnc2c(c1)-c1ccccc1C21c2cc(N(c3ccc(-c4ccccc4)cc3)c3ccc(C(C)(C)C)cc3)ccc2-c2c1cc(N(c1ccc(-c3ccccc3)cc1)c1ccc(C(C)(C)C)cc1)c1c2oc2ccccc21. The van der Waals surface area contributed by atoms with Crippen LogP contribution in [-0.2, 0) is 16.2 Å². The number of furan rings is 1. The summed E-state index contributed by atoms with van der Waals surface area (Å²) in [5.41, 5.74) is 24.8. The van der Waals surface area contributed by atoms with Crippen LogP contribution in [-0.4, -0.2) is 4.98 Å². The van der Waals surface area contributed by atoms with Gasteiger partial charge in [-0.2, -0.15) is 0 Å². The van der Waals surface area contributed by atoms with Crippen molar-refractivity contribution >= 4 is 56.1 Å². The number of aryl methyl sites for hydroxylation is 1. The third-order valence-electron chi connectivity index (χ3n) is 16.7. The van der Waals surface area contributed by atoms with Crippen molar-refractivity contribution in [3.63, 3.8) is 0 Å². The van der Waals surface area contributed by atoms with E-state index in [0.29, 0.717) is 0 Å². The second-order valence-electron chi connectivity index (χ2n) is 23.6. The van der Waals surface area contributed by atoms with Crippen LogP contribution in [0.4, 0.5) is 34.1 Å². The maximum atomic E-state index is 7.40. The van der Waals surface area contributed by atoms with E-state index in [1.807, 2.05) is 0 Å². The lowest BCUT2D eigenvalue weighted by atomic mass is 9.72. The number of benzene rings is 10. The van der Waals surface area contributed by atoms with E-state index in [2.05, 4.69) is 301 Å². The number of aromatic nitrogens is 1. The summed E-state index contributed by atoms with van der Waals surface area (Å²) >= 11 is 0. The van der Waals surface area contributed by atoms with Crippen LogP contribution in [0.5, 0.6) is 0 Å². The lowest BCUT2D eigenvalue weighted by Gasteiger charge is -2.33. The standard InChI is InChI=1S/C75H61N3O/c1-48-44-63-60-22-14-16-24-64(60)75(72(63)76-47-48)65-45-59(77(56-38-30-53(31-39-56)73(2,3)4)55-34-26-51(27-35-55)49-18-10-8-11-19-49)42-43-61(65)69-66(75)46-67(70-62-23-15-17-25-68(62)79-71(69)70)78(58-40-32-54(33-41-58)74(5,6)7)57-36-28-52(29-37-57)50-20-12-9-13-21-50/h8-47H,1-7H3. The first kappa shape index (κ1) is 48.1. The third kappa shape index (κ3) is 7.75. The van der Waals surface area contributed by atoms with Gasteiger partial charge in [0.1, 0.15) is 11.2 Å². The van der Waals surface area contributed by atoms with Gasteiger partial charge in [0.25, 0.3) is 0 Å². The van der Waals surface area contributed by atoms with Crippen molar-refractivity contribution in [1.29, 1.82) is 0 Å². The number of fused-ring (bicyclic) bond motifs is 14. The average Bonchev–Trinajstić information content (AvgIpc) is 4.13. The fraction of sp³-hybridized carbons (Fsp3) is 0.133. The Hall–Kier alpha value is -9.25. The van der Waals surface area contributed by atoms with Gasteiger partial charge in [0, 0.05) is 51.1 Å². The summed E-state index contributed by atoms with van der Waals surface area (Å²) in [5, 5.41) is 2.13. The van der Waals surface area contributed by atoms with E-state index < -0.39 is 5.41 Å². The molecule has 14 rings (SSSR count). The Morgan fingerprint density at radius 2 is 0.899 bits per heavy atom. The summed E-state index contributed by atoms with van der Waals surface area (Å²) in [4.78, 5) is 10.5. The zero-order valence-electron chi connectivity index (χ0n) is 45.8. The fourth-order valence-corrected chi connectivity index (χ4v) is 12.7. The molecule has 0 saturated carbocycles. The number of anilines is 6. The Labute approximate surface area is 463 Å². The summed E-state index contributed by atoms with van der Waals surface area (Å²) < 4.78 is 7.40. The van der Waals surface area contributed by atoms with E-state index in [-0.39, 0.29) is 10.8 Å². The Balaban J connectivity index is 1.06. The Morgan fingerprint density at radius 1 is 0.405 bits per heavy atom. The summed E-state index contributed by atoms with van der Waals surface area (Å²) in [7, 11) is 0. The summed E-state index contributed by atoms with van der Waals surface area (Å²) in [6.07, 6.45) is 2.06. The first-order chi connectivity index (χ1) is 38.3. The van der Waals surface area contributed by atoms with Crippen molar-refractivity contribution in [2.24, 2.45) is 0 Å². The predicted octanol–water partition coefficient (Wildman–Crippen LogP) is 20.5. The molecule has 79 heavy (non-hydrogen) atoms. The summed E-state index contributed by atoms with van der Waals surface area (Å²) in [6, 6.07) is 87.3. The second kappa shape index (κ2) is 18.2. The highest BCUT2D eigenvalue weighted by Gasteiger charge is 2.54. The molecule has 12 aromatic rings. The van der Waals surface area contributed by atoms with Crippen LogP contribution in [0, 0.1) is 6.92 Å². The molecule has 2 heterocycles. The highest BCUT2D eigenvalue weighted by molar-refractivity contribution is 6.20. The van der Waals surface area contributed by atoms with Gasteiger partial charge in [-0.15, -0.1) is 0 Å². The molecule has 1 spiro atoms. The van der Waals surface area contributed by atoms with Gasteiger partial charge in [-0.05, 0) is 163 Å². The van der Waals surface area contributed by atoms with Crippen molar-refractivity contribution in [1.82, 2.24) is 4.98 Å². The molecule has 0 fully saturated rings. The molecule has 1 atom stereocenters. The third-order valence-corrected chi connectivity index (χ3v) is 16.7. The molecule has 0 aliphatic heterocycles. The maximum Gasteiger partial charge on any atom is 0.145 e. The van der Waals surface area contributed by atoms with Gasteiger partial charge in [0.2, 0.25) is 0 Å². The van der Waals surface area contributed by atoms with Gasteiger partial charge in [-0.3, -0.25) is 4.98 Å². The molecule has 4 heteroatoms. The number of rotatable bonds is 8. The molecule has 1 unspecified atom stereocenters. The number of para-hydroxylation sites is 1. The quantitative estimate of drug-likeness (QED) is 0.152. The van der Waals surface area contributed by atoms with Gasteiger partial charge in [-0.1, -0.05) is 199 Å². The number of pyridine rings is 1. The van der Waals surface area contributed by atoms with Crippen molar-refractivity contribution in [3.05, 3.63) is 282 Å². The van der Waals surface area contributed by atoms with Gasteiger partial charge in [0.15, 0.2) is 0 Å². The minimum absolute atomic E-state index is 0.00105. The molecule has 2 aliphatic carbocycles. The average molecular weight is 1020 g/mol. The lowest BCUT2D eigenvalue weighted by molar-refractivity contribution is 0.590. The molecule has 2 aliphatic rings. The first-order valence-electron chi connectivity index (χ1n) is 27.7. The predicted molar refractivity (Wildman–Crippen MR) is 330 cm³/mol. The maximum absolute atomic E-state index is 7.40. The Kier molecular flexibility index (Phi) is 11.1. The van der Waals surface area contributed by atoms with Crippen molar-refractivity contribution in [3.8, 4) is 44.5 Å². The van der Waals surface area contributed by atoms with Crippen LogP contribution in [0.15, 0.2) is 247 Å². The van der Waals surface area contributed by atoms with Crippen LogP contribution in [0.25, 0.3) is 66.4 Å². The summed E-state index contributed by atoms with van der Waals surface area (Å²) in [6.45, 7) is 15.8. The zero-order chi connectivity index (χ0) is 53.8. The van der Waals surface area contributed by atoms with Crippen molar-refractivity contribution < 1.29 is 4.42 Å². The van der Waals surface area contributed by atoms with Gasteiger partial charge in [-0.25, -0.2) is 0 Å². The highest BCUT2D eigenvalue weighted by atomic mass is 16.3. The lowest BCUT2D eigenvalue weighted by Crippen LogP contribution is -2.27. The molecule has 4 nitrogen and oxygen atoms in total. The van der Waals surface area contributed by atoms with E-state index in [4.69, 9.17) is 9.40 Å². The molecule has 0 saturated heterocycles. The number of nitrogens with zero attached hydrogens (tertiary/aromatic N) is 3. The van der Waals surface area contributed by atoms with Gasteiger partial charge in [0.05, 0.1) is 22.2 Å². The normalized spacial score (nSPS) is 14.3. The number of hydrogen-bond acceptors (Lipinski definition) is 4. The minimum Gasteiger partial charge on any atom is -0.455 e. The number of hydrogen-bond donors (Lipinski definition) is 0. The monoisotopic (exact) mass is 1020 g/mol. The Bertz CT molecular complexity index is 4300. The Morgan fingerprint density at radius 3 is 1.48 bits per heavy atom. The molecule has 382 valence electrons. The smallest absolute Gasteiger partial charge is 0.145 e. The zero-order valence-corrected chi connectivity index (χ0v) is 45.8. The van der Waals surface area contributed by atoms with E-state index in [9.17, 15) is 0 Å². The summed E-state index contributed by atoms with van der Waals surface area (Å²) in [5.74, 6) is 0. The molecule has 0 radical (unpaired) electrons. The van der Waals surface area contributed by atoms with E-state index in [0.717, 1.165) is 95.1 Å². The van der Waals surface area contributed by atoms with Crippen LogP contribution in [0.1, 0.15) is 80.6 Å². The van der Waals surface area contributed by atoms with Crippen LogP contribution < -0.4 is 9.80 Å². The topological polar surface area (TPSA) is 32.5 Å². The van der Waals surface area contributed by atoms with E-state index >= 15 is 0 Å². The fourth-order valence-electron chi connectivity index (χ4n) is 12.7. The minimum atomic E-state index is -0.833. The van der Waals surface area contributed by atoms with Crippen molar-refractivity contribution in [2.75, 3.05) is 9.80 Å². The molecule has 0 N–H and O–H groups in total. The highest BCUT2D eigenvalue weighted by Crippen LogP contribution is 2.66. The van der Waals surface area contributed by atoms with Crippen LogP contribution >= 0.6 is 0 Å².